The third-order valence-corrected chi connectivity index (χ3v) is 2.59. The van der Waals surface area contributed by atoms with E-state index in [1.54, 1.807) is 6.92 Å². The van der Waals surface area contributed by atoms with Crippen LogP contribution in [0.4, 0.5) is 8.78 Å². The number of aromatic amines is 1. The van der Waals surface area contributed by atoms with E-state index in [1.807, 2.05) is 0 Å². The number of hydrogen-bond donors (Lipinski definition) is 2. The predicted molar refractivity (Wildman–Crippen MR) is 60.0 cm³/mol. The van der Waals surface area contributed by atoms with E-state index in [0.29, 0.717) is 11.3 Å². The second-order valence-electron chi connectivity index (χ2n) is 3.87. The molecule has 0 radical (unpaired) electrons. The SMILES string of the molecule is Cc1[nH]nc(-c2cc(F)ccc2F)c1CC(=O)O. The van der Waals surface area contributed by atoms with E-state index >= 15 is 0 Å². The number of nitrogens with one attached hydrogen (secondary N) is 1. The monoisotopic (exact) mass is 252 g/mol. The number of carboxylic acids is 1. The van der Waals surface area contributed by atoms with Crippen LogP contribution in [0.3, 0.4) is 0 Å². The smallest absolute Gasteiger partial charge is 0.307 e. The van der Waals surface area contributed by atoms with Crippen molar-refractivity contribution in [1.29, 1.82) is 0 Å². The molecule has 0 spiro atoms. The van der Waals surface area contributed by atoms with Gasteiger partial charge < -0.3 is 5.11 Å². The Morgan fingerprint density at radius 2 is 2.17 bits per heavy atom. The van der Waals surface area contributed by atoms with Crippen LogP contribution in [0.25, 0.3) is 11.3 Å². The van der Waals surface area contributed by atoms with Gasteiger partial charge in [0.05, 0.1) is 12.1 Å². The first-order valence-electron chi connectivity index (χ1n) is 5.20. The van der Waals surface area contributed by atoms with Crippen LogP contribution in [0.15, 0.2) is 18.2 Å². The van der Waals surface area contributed by atoms with Gasteiger partial charge in [-0.15, -0.1) is 0 Å². The van der Waals surface area contributed by atoms with Crippen molar-refractivity contribution in [3.8, 4) is 11.3 Å². The lowest BCUT2D eigenvalue weighted by molar-refractivity contribution is -0.136. The molecule has 1 aromatic heterocycles. The summed E-state index contributed by atoms with van der Waals surface area (Å²) >= 11 is 0. The molecule has 0 aliphatic heterocycles. The van der Waals surface area contributed by atoms with Gasteiger partial charge in [-0.1, -0.05) is 0 Å². The Labute approximate surface area is 101 Å². The molecule has 0 unspecified atom stereocenters. The largest absolute Gasteiger partial charge is 0.481 e. The molecule has 4 nitrogen and oxygen atoms in total. The minimum Gasteiger partial charge on any atom is -0.481 e. The third kappa shape index (κ3) is 2.22. The second-order valence-corrected chi connectivity index (χ2v) is 3.87. The van der Waals surface area contributed by atoms with Crippen molar-refractivity contribution in [2.45, 2.75) is 13.3 Å². The second kappa shape index (κ2) is 4.56. The van der Waals surface area contributed by atoms with Gasteiger partial charge in [0.2, 0.25) is 0 Å². The fraction of sp³-hybridized carbons (Fsp3) is 0.167. The fourth-order valence-corrected chi connectivity index (χ4v) is 1.72. The number of aromatic nitrogens is 2. The van der Waals surface area contributed by atoms with Gasteiger partial charge in [-0.2, -0.15) is 5.10 Å². The highest BCUT2D eigenvalue weighted by Gasteiger charge is 2.18. The normalized spacial score (nSPS) is 10.6. The first kappa shape index (κ1) is 12.2. The Morgan fingerprint density at radius 3 is 2.83 bits per heavy atom. The molecule has 0 aliphatic carbocycles. The maximum Gasteiger partial charge on any atom is 0.307 e. The summed E-state index contributed by atoms with van der Waals surface area (Å²) in [5.41, 5.74) is 0.963. The summed E-state index contributed by atoms with van der Waals surface area (Å²) in [6, 6.07) is 2.98. The molecule has 0 amide bonds. The molecule has 0 saturated heterocycles. The van der Waals surface area contributed by atoms with Crippen LogP contribution in [0.2, 0.25) is 0 Å². The van der Waals surface area contributed by atoms with Crippen molar-refractivity contribution in [2.24, 2.45) is 0 Å². The van der Waals surface area contributed by atoms with E-state index in [0.717, 1.165) is 18.2 Å². The molecule has 0 bridgehead atoms. The average molecular weight is 252 g/mol. The highest BCUT2D eigenvalue weighted by atomic mass is 19.1. The maximum atomic E-state index is 13.6. The number of aliphatic carboxylic acids is 1. The summed E-state index contributed by atoms with van der Waals surface area (Å²) in [4.78, 5) is 10.7. The van der Waals surface area contributed by atoms with E-state index in [1.165, 1.54) is 0 Å². The Kier molecular flexibility index (Phi) is 3.10. The number of hydrogen-bond acceptors (Lipinski definition) is 2. The van der Waals surface area contributed by atoms with Gasteiger partial charge in [0, 0.05) is 16.8 Å². The fourth-order valence-electron chi connectivity index (χ4n) is 1.72. The summed E-state index contributed by atoms with van der Waals surface area (Å²) in [5.74, 6) is -2.31. The summed E-state index contributed by atoms with van der Waals surface area (Å²) in [5, 5.41) is 15.2. The molecule has 1 aromatic carbocycles. The average Bonchev–Trinajstić information content (AvgIpc) is 2.64. The highest BCUT2D eigenvalue weighted by Crippen LogP contribution is 2.27. The van der Waals surface area contributed by atoms with E-state index in [9.17, 15) is 13.6 Å². The van der Waals surface area contributed by atoms with E-state index in [4.69, 9.17) is 5.11 Å². The van der Waals surface area contributed by atoms with Crippen LogP contribution in [0.1, 0.15) is 11.3 Å². The molecule has 2 N–H and O–H groups in total. The first-order valence-corrected chi connectivity index (χ1v) is 5.20. The van der Waals surface area contributed by atoms with Crippen molar-refractivity contribution in [2.75, 3.05) is 0 Å². The minimum absolute atomic E-state index is 0.0457. The summed E-state index contributed by atoms with van der Waals surface area (Å²) < 4.78 is 26.7. The molecule has 0 fully saturated rings. The molecule has 1 heterocycles. The predicted octanol–water partition coefficient (Wildman–Crippen LogP) is 2.29. The molecule has 0 saturated carbocycles. The molecule has 2 rings (SSSR count). The number of H-pyrrole nitrogens is 1. The lowest BCUT2D eigenvalue weighted by Gasteiger charge is -2.03. The molecular weight excluding hydrogens is 242 g/mol. The van der Waals surface area contributed by atoms with Gasteiger partial charge in [-0.25, -0.2) is 8.78 Å². The van der Waals surface area contributed by atoms with Crippen LogP contribution >= 0.6 is 0 Å². The lowest BCUT2D eigenvalue weighted by Crippen LogP contribution is -2.02. The number of halogens is 2. The zero-order valence-electron chi connectivity index (χ0n) is 9.50. The number of benzene rings is 1. The maximum absolute atomic E-state index is 13.6. The van der Waals surface area contributed by atoms with Crippen molar-refractivity contribution in [3.05, 3.63) is 41.1 Å². The lowest BCUT2D eigenvalue weighted by atomic mass is 10.0. The Morgan fingerprint density at radius 1 is 1.44 bits per heavy atom. The molecule has 18 heavy (non-hydrogen) atoms. The zero-order chi connectivity index (χ0) is 13.3. The molecule has 94 valence electrons. The number of aryl methyl sites for hydroxylation is 1. The van der Waals surface area contributed by atoms with Gasteiger partial charge in [0.25, 0.3) is 0 Å². The molecule has 2 aromatic rings. The van der Waals surface area contributed by atoms with Crippen LogP contribution < -0.4 is 0 Å². The van der Waals surface area contributed by atoms with Crippen molar-refractivity contribution >= 4 is 5.97 Å². The van der Waals surface area contributed by atoms with Crippen molar-refractivity contribution in [3.63, 3.8) is 0 Å². The number of carbonyl (C=O) groups is 1. The van der Waals surface area contributed by atoms with Crippen LogP contribution in [-0.2, 0) is 11.2 Å². The minimum atomic E-state index is -1.06. The van der Waals surface area contributed by atoms with E-state index in [-0.39, 0.29) is 17.7 Å². The van der Waals surface area contributed by atoms with Gasteiger partial charge in [-0.05, 0) is 25.1 Å². The Bertz CT molecular complexity index is 608. The van der Waals surface area contributed by atoms with Crippen molar-refractivity contribution < 1.29 is 18.7 Å². The quantitative estimate of drug-likeness (QED) is 0.880. The summed E-state index contributed by atoms with van der Waals surface area (Å²) in [7, 11) is 0. The molecule has 0 aliphatic rings. The van der Waals surface area contributed by atoms with Crippen LogP contribution in [0, 0.1) is 18.6 Å². The van der Waals surface area contributed by atoms with E-state index < -0.39 is 17.6 Å². The summed E-state index contributed by atoms with van der Waals surface area (Å²) in [6.45, 7) is 1.63. The highest BCUT2D eigenvalue weighted by molar-refractivity contribution is 5.75. The standard InChI is InChI=1S/C12H10F2N2O2/c1-6-8(5-11(17)18)12(16-15-6)9-4-7(13)2-3-10(9)14/h2-4H,5H2,1H3,(H,15,16)(H,17,18). The van der Waals surface area contributed by atoms with Gasteiger partial charge in [0.15, 0.2) is 0 Å². The number of carboxylic acid groups (broad SMARTS) is 1. The zero-order valence-corrected chi connectivity index (χ0v) is 9.50. The number of rotatable bonds is 3. The van der Waals surface area contributed by atoms with Crippen LogP contribution in [0.5, 0.6) is 0 Å². The van der Waals surface area contributed by atoms with Gasteiger partial charge >= 0.3 is 5.97 Å². The summed E-state index contributed by atoms with van der Waals surface area (Å²) in [6.07, 6.45) is -0.298. The van der Waals surface area contributed by atoms with Gasteiger partial charge in [0.1, 0.15) is 11.6 Å². The number of nitrogens with zero attached hydrogens (tertiary/aromatic N) is 1. The van der Waals surface area contributed by atoms with Gasteiger partial charge in [-0.3, -0.25) is 9.89 Å². The Hall–Kier alpha value is -2.24. The third-order valence-electron chi connectivity index (χ3n) is 2.59. The van der Waals surface area contributed by atoms with Crippen molar-refractivity contribution in [1.82, 2.24) is 10.2 Å². The van der Waals surface area contributed by atoms with E-state index in [2.05, 4.69) is 10.2 Å². The molecular formula is C12H10F2N2O2. The topological polar surface area (TPSA) is 66.0 Å². The molecule has 0 atom stereocenters. The Balaban J connectivity index is 2.57. The molecule has 6 heteroatoms. The first-order chi connectivity index (χ1) is 8.49. The van der Waals surface area contributed by atoms with Crippen LogP contribution in [-0.4, -0.2) is 21.3 Å².